The Morgan fingerprint density at radius 3 is 2.26 bits per heavy atom. The van der Waals surface area contributed by atoms with Gasteiger partial charge in [-0.3, -0.25) is 4.72 Å². The molecule has 0 aromatic heterocycles. The van der Waals surface area contributed by atoms with Crippen LogP contribution < -0.4 is 14.9 Å². The maximum absolute atomic E-state index is 11.8. The molecule has 0 unspecified atom stereocenters. The highest BCUT2D eigenvalue weighted by atomic mass is 32.2. The van der Waals surface area contributed by atoms with Crippen molar-refractivity contribution in [1.82, 2.24) is 5.32 Å². The maximum Gasteiger partial charge on any atom is 0.232 e. The standard InChI is InChI=1S/C13H23N3O2S/c1-14-10-4-5-11-19(17,18)15-12-6-8-13(9-7-12)16(2)3/h6-9,14-15H,4-5,10-11H2,1-3H3. The van der Waals surface area contributed by atoms with Crippen molar-refractivity contribution in [2.45, 2.75) is 12.8 Å². The van der Waals surface area contributed by atoms with Crippen LogP contribution in [0.2, 0.25) is 0 Å². The lowest BCUT2D eigenvalue weighted by Crippen LogP contribution is -2.18. The fraction of sp³-hybridized carbons (Fsp3) is 0.538. The van der Waals surface area contributed by atoms with Gasteiger partial charge in [-0.2, -0.15) is 0 Å². The van der Waals surface area contributed by atoms with Crippen molar-refractivity contribution >= 4 is 21.4 Å². The molecule has 5 nitrogen and oxygen atoms in total. The van der Waals surface area contributed by atoms with Crippen LogP contribution in [0, 0.1) is 0 Å². The first kappa shape index (κ1) is 15.8. The molecule has 0 amide bonds. The Labute approximate surface area is 116 Å². The summed E-state index contributed by atoms with van der Waals surface area (Å²) >= 11 is 0. The highest BCUT2D eigenvalue weighted by Gasteiger charge is 2.09. The number of hydrogen-bond donors (Lipinski definition) is 2. The van der Waals surface area contributed by atoms with Crippen molar-refractivity contribution in [1.29, 1.82) is 0 Å². The van der Waals surface area contributed by atoms with E-state index in [4.69, 9.17) is 0 Å². The molecule has 0 aliphatic rings. The molecule has 0 saturated carbocycles. The summed E-state index contributed by atoms with van der Waals surface area (Å²) in [6.45, 7) is 0.840. The van der Waals surface area contributed by atoms with E-state index >= 15 is 0 Å². The molecule has 0 fully saturated rings. The molecular formula is C13H23N3O2S. The number of unbranched alkanes of at least 4 members (excludes halogenated alkanes) is 1. The molecule has 2 N–H and O–H groups in total. The fourth-order valence-electron chi connectivity index (χ4n) is 1.65. The van der Waals surface area contributed by atoms with E-state index in [1.807, 2.05) is 38.2 Å². The summed E-state index contributed by atoms with van der Waals surface area (Å²) in [7, 11) is 2.51. The number of benzene rings is 1. The molecule has 1 aromatic carbocycles. The molecule has 19 heavy (non-hydrogen) atoms. The van der Waals surface area contributed by atoms with Gasteiger partial charge in [0.05, 0.1) is 5.75 Å². The van der Waals surface area contributed by atoms with E-state index in [0.717, 1.165) is 18.7 Å². The molecular weight excluding hydrogens is 262 g/mol. The van der Waals surface area contributed by atoms with Gasteiger partial charge in [0.1, 0.15) is 0 Å². The van der Waals surface area contributed by atoms with Crippen LogP contribution in [0.1, 0.15) is 12.8 Å². The topological polar surface area (TPSA) is 61.4 Å². The Morgan fingerprint density at radius 2 is 1.74 bits per heavy atom. The number of sulfonamides is 1. The molecule has 6 heteroatoms. The van der Waals surface area contributed by atoms with Crippen LogP contribution in [0.4, 0.5) is 11.4 Å². The van der Waals surface area contributed by atoms with Gasteiger partial charge >= 0.3 is 0 Å². The van der Waals surface area contributed by atoms with Crippen LogP contribution in [0.3, 0.4) is 0 Å². The Morgan fingerprint density at radius 1 is 1.11 bits per heavy atom. The number of nitrogens with one attached hydrogen (secondary N) is 2. The summed E-state index contributed by atoms with van der Waals surface area (Å²) in [4.78, 5) is 1.97. The second-order valence-electron chi connectivity index (χ2n) is 4.67. The summed E-state index contributed by atoms with van der Waals surface area (Å²) in [5, 5.41) is 3.00. The summed E-state index contributed by atoms with van der Waals surface area (Å²) in [6, 6.07) is 7.33. The molecule has 0 radical (unpaired) electrons. The van der Waals surface area contributed by atoms with Crippen LogP contribution in [-0.2, 0) is 10.0 Å². The van der Waals surface area contributed by atoms with E-state index in [2.05, 4.69) is 10.0 Å². The van der Waals surface area contributed by atoms with Gasteiger partial charge < -0.3 is 10.2 Å². The van der Waals surface area contributed by atoms with Gasteiger partial charge in [0.25, 0.3) is 0 Å². The lowest BCUT2D eigenvalue weighted by molar-refractivity contribution is 0.595. The fourth-order valence-corrected chi connectivity index (χ4v) is 2.83. The van der Waals surface area contributed by atoms with Crippen LogP contribution in [0.5, 0.6) is 0 Å². The SMILES string of the molecule is CNCCCCS(=O)(=O)Nc1ccc(N(C)C)cc1. The molecule has 0 spiro atoms. The van der Waals surface area contributed by atoms with Crippen molar-refractivity contribution in [2.75, 3.05) is 43.1 Å². The summed E-state index contributed by atoms with van der Waals surface area (Å²) < 4.78 is 26.3. The summed E-state index contributed by atoms with van der Waals surface area (Å²) in [5.41, 5.74) is 1.65. The molecule has 108 valence electrons. The van der Waals surface area contributed by atoms with E-state index in [0.29, 0.717) is 12.1 Å². The third-order valence-corrected chi connectivity index (χ3v) is 4.12. The Hall–Kier alpha value is -1.27. The number of rotatable bonds is 8. The first-order chi connectivity index (χ1) is 8.94. The molecule has 0 atom stereocenters. The Bertz CT molecular complexity index is 469. The highest BCUT2D eigenvalue weighted by Crippen LogP contribution is 2.16. The molecule has 0 aliphatic heterocycles. The van der Waals surface area contributed by atoms with E-state index in [1.165, 1.54) is 0 Å². The number of hydrogen-bond acceptors (Lipinski definition) is 4. The zero-order valence-electron chi connectivity index (χ0n) is 11.8. The maximum atomic E-state index is 11.8. The van der Waals surface area contributed by atoms with E-state index in [9.17, 15) is 8.42 Å². The molecule has 0 heterocycles. The van der Waals surface area contributed by atoms with Gasteiger partial charge in [-0.15, -0.1) is 0 Å². The second-order valence-corrected chi connectivity index (χ2v) is 6.51. The lowest BCUT2D eigenvalue weighted by atomic mass is 10.3. The third-order valence-electron chi connectivity index (χ3n) is 2.75. The molecule has 0 bridgehead atoms. The monoisotopic (exact) mass is 285 g/mol. The Kier molecular flexibility index (Phi) is 6.11. The zero-order chi connectivity index (χ0) is 14.3. The van der Waals surface area contributed by atoms with Crippen LogP contribution in [0.25, 0.3) is 0 Å². The predicted octanol–water partition coefficient (Wildman–Crippen LogP) is 1.49. The van der Waals surface area contributed by atoms with E-state index in [-0.39, 0.29) is 5.75 Å². The average molecular weight is 285 g/mol. The summed E-state index contributed by atoms with van der Waals surface area (Å²) in [6.07, 6.45) is 1.52. The number of anilines is 2. The van der Waals surface area contributed by atoms with Gasteiger partial charge in [0.2, 0.25) is 10.0 Å². The van der Waals surface area contributed by atoms with Crippen molar-refractivity contribution in [3.63, 3.8) is 0 Å². The van der Waals surface area contributed by atoms with Crippen LogP contribution in [-0.4, -0.2) is 41.9 Å². The Balaban J connectivity index is 2.53. The minimum atomic E-state index is -3.24. The lowest BCUT2D eigenvalue weighted by Gasteiger charge is -2.13. The normalized spacial score (nSPS) is 11.3. The molecule has 0 saturated heterocycles. The zero-order valence-corrected chi connectivity index (χ0v) is 12.6. The van der Waals surface area contributed by atoms with Gasteiger partial charge in [0, 0.05) is 25.5 Å². The van der Waals surface area contributed by atoms with Crippen molar-refractivity contribution in [3.8, 4) is 0 Å². The first-order valence-electron chi connectivity index (χ1n) is 6.37. The van der Waals surface area contributed by atoms with Crippen molar-refractivity contribution in [2.24, 2.45) is 0 Å². The second kappa shape index (κ2) is 7.35. The average Bonchev–Trinajstić information content (AvgIpc) is 2.35. The number of nitrogens with zero attached hydrogens (tertiary/aromatic N) is 1. The quantitative estimate of drug-likeness (QED) is 0.711. The summed E-state index contributed by atoms with van der Waals surface area (Å²) in [5.74, 6) is 0.157. The molecule has 1 rings (SSSR count). The van der Waals surface area contributed by atoms with Crippen molar-refractivity contribution < 1.29 is 8.42 Å². The van der Waals surface area contributed by atoms with Crippen LogP contribution >= 0.6 is 0 Å². The van der Waals surface area contributed by atoms with Crippen molar-refractivity contribution in [3.05, 3.63) is 24.3 Å². The smallest absolute Gasteiger partial charge is 0.232 e. The van der Waals surface area contributed by atoms with Gasteiger partial charge in [-0.1, -0.05) is 0 Å². The van der Waals surface area contributed by atoms with Gasteiger partial charge in [-0.25, -0.2) is 8.42 Å². The van der Waals surface area contributed by atoms with E-state index < -0.39 is 10.0 Å². The first-order valence-corrected chi connectivity index (χ1v) is 8.02. The minimum absolute atomic E-state index is 0.157. The van der Waals surface area contributed by atoms with Gasteiger partial charge in [-0.05, 0) is 50.7 Å². The largest absolute Gasteiger partial charge is 0.378 e. The molecule has 1 aromatic rings. The highest BCUT2D eigenvalue weighted by molar-refractivity contribution is 7.92. The predicted molar refractivity (Wildman–Crippen MR) is 81.3 cm³/mol. The van der Waals surface area contributed by atoms with Crippen LogP contribution in [0.15, 0.2) is 24.3 Å². The third kappa shape index (κ3) is 5.94. The van der Waals surface area contributed by atoms with Gasteiger partial charge in [0.15, 0.2) is 0 Å². The van der Waals surface area contributed by atoms with E-state index in [1.54, 1.807) is 12.1 Å². The molecule has 0 aliphatic carbocycles. The minimum Gasteiger partial charge on any atom is -0.378 e.